The van der Waals surface area contributed by atoms with Crippen molar-refractivity contribution in [1.29, 1.82) is 0 Å². The van der Waals surface area contributed by atoms with E-state index in [0.29, 0.717) is 24.5 Å². The average molecular weight is 364 g/mol. The van der Waals surface area contributed by atoms with Crippen molar-refractivity contribution in [2.45, 2.75) is 50.7 Å². The molecule has 6 nitrogen and oxygen atoms in total. The van der Waals surface area contributed by atoms with Gasteiger partial charge >= 0.3 is 6.03 Å². The number of carbonyl (C=O) groups is 2. The second-order valence-corrected chi connectivity index (χ2v) is 7.20. The summed E-state index contributed by atoms with van der Waals surface area (Å²) in [4.78, 5) is 26.1. The van der Waals surface area contributed by atoms with E-state index in [1.165, 1.54) is 24.3 Å². The Morgan fingerprint density at radius 1 is 1.31 bits per heavy atom. The van der Waals surface area contributed by atoms with E-state index in [2.05, 4.69) is 12.2 Å². The highest BCUT2D eigenvalue weighted by Gasteiger charge is 2.52. The van der Waals surface area contributed by atoms with Gasteiger partial charge in [-0.2, -0.15) is 0 Å². The number of imide groups is 1. The van der Waals surface area contributed by atoms with E-state index in [1.807, 2.05) is 0 Å². The fraction of sp³-hybridized carbons (Fsp3) is 0.579. The standard InChI is InChI=1S/C19H25FN2O4/c1-2-13-7-9-19(10-8-13)17(24)22(18(25)21-19)11-15(23)12-26-16-5-3-14(20)4-6-16/h3-6,13,15,23H,2,7-12H2,1H3,(H,21,25). The molecule has 1 unspecified atom stereocenters. The number of ether oxygens (including phenoxy) is 1. The van der Waals surface area contributed by atoms with Crippen LogP contribution in [0.4, 0.5) is 9.18 Å². The number of hydrogen-bond acceptors (Lipinski definition) is 4. The van der Waals surface area contributed by atoms with E-state index in [-0.39, 0.29) is 24.9 Å². The van der Waals surface area contributed by atoms with E-state index in [4.69, 9.17) is 4.74 Å². The number of carbonyl (C=O) groups excluding carboxylic acids is 2. The minimum Gasteiger partial charge on any atom is -0.491 e. The first kappa shape index (κ1) is 18.6. The lowest BCUT2D eigenvalue weighted by Gasteiger charge is -2.34. The molecule has 1 aromatic rings. The van der Waals surface area contributed by atoms with Crippen molar-refractivity contribution in [2.24, 2.45) is 5.92 Å². The number of urea groups is 1. The van der Waals surface area contributed by atoms with Crippen molar-refractivity contribution in [3.8, 4) is 5.75 Å². The van der Waals surface area contributed by atoms with Gasteiger partial charge in [0.1, 0.15) is 29.8 Å². The van der Waals surface area contributed by atoms with Crippen LogP contribution >= 0.6 is 0 Å². The van der Waals surface area contributed by atoms with E-state index in [9.17, 15) is 19.1 Å². The molecular formula is C19H25FN2O4. The number of nitrogens with one attached hydrogen (secondary N) is 1. The van der Waals surface area contributed by atoms with Crippen LogP contribution in [0, 0.1) is 11.7 Å². The van der Waals surface area contributed by atoms with Gasteiger partial charge in [0.2, 0.25) is 0 Å². The molecule has 26 heavy (non-hydrogen) atoms. The Hall–Kier alpha value is -2.15. The number of amides is 3. The molecular weight excluding hydrogens is 339 g/mol. The van der Waals surface area contributed by atoms with Gasteiger partial charge in [0.15, 0.2) is 0 Å². The third-order valence-corrected chi connectivity index (χ3v) is 5.43. The summed E-state index contributed by atoms with van der Waals surface area (Å²) in [6.45, 7) is 1.93. The van der Waals surface area contributed by atoms with Gasteiger partial charge in [0, 0.05) is 0 Å². The van der Waals surface area contributed by atoms with E-state index in [1.54, 1.807) is 0 Å². The van der Waals surface area contributed by atoms with Crippen molar-refractivity contribution < 1.29 is 23.8 Å². The first-order chi connectivity index (χ1) is 12.4. The molecule has 2 aliphatic rings. The highest BCUT2D eigenvalue weighted by atomic mass is 19.1. The van der Waals surface area contributed by atoms with Gasteiger partial charge in [0.05, 0.1) is 6.54 Å². The zero-order valence-electron chi connectivity index (χ0n) is 14.9. The van der Waals surface area contributed by atoms with Crippen LogP contribution in [0.5, 0.6) is 5.75 Å². The lowest BCUT2D eigenvalue weighted by Crippen LogP contribution is -2.50. The maximum Gasteiger partial charge on any atom is 0.325 e. The molecule has 0 bridgehead atoms. The SMILES string of the molecule is CCC1CCC2(CC1)NC(=O)N(CC(O)COc1ccc(F)cc1)C2=O. The largest absolute Gasteiger partial charge is 0.491 e. The minimum atomic E-state index is -1.02. The molecule has 7 heteroatoms. The number of β-amino-alcohol motifs (C(OH)–C–C–N with tert-alkyl or cyclic N) is 1. The summed E-state index contributed by atoms with van der Waals surface area (Å²) in [5.41, 5.74) is -0.805. The van der Waals surface area contributed by atoms with Crippen LogP contribution < -0.4 is 10.1 Å². The van der Waals surface area contributed by atoms with Crippen LogP contribution in [0.15, 0.2) is 24.3 Å². The van der Waals surface area contributed by atoms with Gasteiger partial charge in [-0.15, -0.1) is 0 Å². The molecule has 3 rings (SSSR count). The Labute approximate surface area is 152 Å². The number of rotatable bonds is 6. The molecule has 1 aromatic carbocycles. The van der Waals surface area contributed by atoms with E-state index < -0.39 is 17.7 Å². The van der Waals surface area contributed by atoms with Crippen LogP contribution in [0.3, 0.4) is 0 Å². The second kappa shape index (κ2) is 7.61. The first-order valence-electron chi connectivity index (χ1n) is 9.14. The van der Waals surface area contributed by atoms with Crippen molar-refractivity contribution in [2.75, 3.05) is 13.2 Å². The number of nitrogens with zero attached hydrogens (tertiary/aromatic N) is 1. The molecule has 1 atom stereocenters. The summed E-state index contributed by atoms with van der Waals surface area (Å²) in [7, 11) is 0. The van der Waals surface area contributed by atoms with Crippen LogP contribution in [0.2, 0.25) is 0 Å². The number of aliphatic hydroxyl groups is 1. The summed E-state index contributed by atoms with van der Waals surface area (Å²) in [5, 5.41) is 13.0. The maximum absolute atomic E-state index is 12.9. The predicted molar refractivity (Wildman–Crippen MR) is 93.1 cm³/mol. The first-order valence-corrected chi connectivity index (χ1v) is 9.14. The third kappa shape index (κ3) is 3.82. The fourth-order valence-corrected chi connectivity index (χ4v) is 3.75. The van der Waals surface area contributed by atoms with Gasteiger partial charge < -0.3 is 15.2 Å². The lowest BCUT2D eigenvalue weighted by atomic mass is 9.75. The molecule has 1 saturated heterocycles. The van der Waals surface area contributed by atoms with Gasteiger partial charge in [-0.1, -0.05) is 13.3 Å². The predicted octanol–water partition coefficient (Wildman–Crippen LogP) is 2.46. The molecule has 1 heterocycles. The van der Waals surface area contributed by atoms with Crippen molar-refractivity contribution in [1.82, 2.24) is 10.2 Å². The molecule has 1 saturated carbocycles. The van der Waals surface area contributed by atoms with E-state index in [0.717, 1.165) is 24.2 Å². The normalized spacial score (nSPS) is 26.9. The number of hydrogen-bond donors (Lipinski definition) is 2. The Kier molecular flexibility index (Phi) is 5.46. The molecule has 0 aromatic heterocycles. The smallest absolute Gasteiger partial charge is 0.325 e. The van der Waals surface area contributed by atoms with Crippen molar-refractivity contribution >= 4 is 11.9 Å². The highest BCUT2D eigenvalue weighted by molar-refractivity contribution is 6.07. The summed E-state index contributed by atoms with van der Waals surface area (Å²) in [6.07, 6.45) is 3.21. The summed E-state index contributed by atoms with van der Waals surface area (Å²) >= 11 is 0. The van der Waals surface area contributed by atoms with Crippen molar-refractivity contribution in [3.05, 3.63) is 30.1 Å². The third-order valence-electron chi connectivity index (χ3n) is 5.43. The van der Waals surface area contributed by atoms with Crippen LogP contribution in [0.1, 0.15) is 39.0 Å². The average Bonchev–Trinajstić information content (AvgIpc) is 2.86. The molecule has 1 aliphatic carbocycles. The highest BCUT2D eigenvalue weighted by Crippen LogP contribution is 2.37. The molecule has 2 N–H and O–H groups in total. The number of halogens is 1. The fourth-order valence-electron chi connectivity index (χ4n) is 3.75. The van der Waals surface area contributed by atoms with Crippen LogP contribution in [-0.4, -0.2) is 46.7 Å². The molecule has 0 radical (unpaired) electrons. The van der Waals surface area contributed by atoms with Crippen molar-refractivity contribution in [3.63, 3.8) is 0 Å². The van der Waals surface area contributed by atoms with Gasteiger partial charge in [-0.05, 0) is 55.9 Å². The summed E-state index contributed by atoms with van der Waals surface area (Å²) in [6, 6.07) is 4.98. The Bertz CT molecular complexity index is 656. The maximum atomic E-state index is 12.9. The number of benzene rings is 1. The second-order valence-electron chi connectivity index (χ2n) is 7.20. The van der Waals surface area contributed by atoms with Gasteiger partial charge in [-0.25, -0.2) is 9.18 Å². The molecule has 3 amide bonds. The molecule has 2 fully saturated rings. The summed E-state index contributed by atoms with van der Waals surface area (Å²) in [5.74, 6) is 0.393. The van der Waals surface area contributed by atoms with Crippen LogP contribution in [0.25, 0.3) is 0 Å². The van der Waals surface area contributed by atoms with E-state index >= 15 is 0 Å². The minimum absolute atomic E-state index is 0.0897. The monoisotopic (exact) mass is 364 g/mol. The topological polar surface area (TPSA) is 78.9 Å². The summed E-state index contributed by atoms with van der Waals surface area (Å²) < 4.78 is 18.3. The van der Waals surface area contributed by atoms with Gasteiger partial charge in [0.25, 0.3) is 5.91 Å². The molecule has 142 valence electrons. The zero-order valence-corrected chi connectivity index (χ0v) is 14.9. The lowest BCUT2D eigenvalue weighted by molar-refractivity contribution is -0.133. The zero-order chi connectivity index (χ0) is 18.7. The quantitative estimate of drug-likeness (QED) is 0.760. The van der Waals surface area contributed by atoms with Gasteiger partial charge in [-0.3, -0.25) is 9.69 Å². The number of aliphatic hydroxyl groups excluding tert-OH is 1. The van der Waals surface area contributed by atoms with Crippen LogP contribution in [-0.2, 0) is 4.79 Å². The molecule has 1 spiro atoms. The Balaban J connectivity index is 1.55. The Morgan fingerprint density at radius 2 is 1.96 bits per heavy atom. The Morgan fingerprint density at radius 3 is 2.58 bits per heavy atom. The molecule has 1 aliphatic heterocycles.